The number of H-pyrrole nitrogens is 1. The fraction of sp³-hybridized carbons (Fsp3) is 0.176. The molecule has 3 rings (SSSR count). The topological polar surface area (TPSA) is 37.0 Å². The molecule has 21 heavy (non-hydrogen) atoms. The molecule has 0 atom stereocenters. The van der Waals surface area contributed by atoms with E-state index in [9.17, 15) is 0 Å². The molecule has 0 unspecified atom stereocenters. The number of hydrogen-bond acceptors (Lipinski definition) is 3. The Morgan fingerprint density at radius 3 is 2.81 bits per heavy atom. The average Bonchev–Trinajstić information content (AvgIpc) is 2.92. The van der Waals surface area contributed by atoms with Crippen LogP contribution in [0.4, 0.5) is 0 Å². The van der Waals surface area contributed by atoms with Gasteiger partial charge in [0.2, 0.25) is 0 Å². The van der Waals surface area contributed by atoms with Crippen LogP contribution in [-0.2, 0) is 6.54 Å². The zero-order chi connectivity index (χ0) is 14.7. The lowest BCUT2D eigenvalue weighted by Gasteiger charge is -2.08. The van der Waals surface area contributed by atoms with Gasteiger partial charge in [-0.3, -0.25) is 0 Å². The molecular weight excluding hydrogens is 280 g/mol. The Kier molecular flexibility index (Phi) is 4.18. The first kappa shape index (κ1) is 14.0. The number of nitrogens with one attached hydrogen (secondary N) is 2. The molecule has 0 amide bonds. The minimum atomic E-state index is 0.870. The Balaban J connectivity index is 1.98. The second kappa shape index (κ2) is 6.24. The number of rotatable bonds is 5. The highest BCUT2D eigenvalue weighted by atomic mass is 32.2. The third-order valence-electron chi connectivity index (χ3n) is 3.41. The Hall–Kier alpha value is -1.91. The highest BCUT2D eigenvalue weighted by Gasteiger charge is 2.09. The second-order valence-corrected chi connectivity index (χ2v) is 5.89. The lowest BCUT2D eigenvalue weighted by molar-refractivity contribution is 0.415. The van der Waals surface area contributed by atoms with E-state index in [2.05, 4.69) is 52.9 Å². The largest absolute Gasteiger partial charge is 0.497 e. The Morgan fingerprint density at radius 2 is 2.00 bits per heavy atom. The molecule has 2 N–H and O–H groups in total. The van der Waals surface area contributed by atoms with Crippen LogP contribution in [-0.4, -0.2) is 19.1 Å². The maximum Gasteiger partial charge on any atom is 0.119 e. The van der Waals surface area contributed by atoms with Crippen LogP contribution in [0.3, 0.4) is 0 Å². The van der Waals surface area contributed by atoms with Gasteiger partial charge >= 0.3 is 0 Å². The standard InChI is InChI=1S/C17H18N2OS/c1-18-10-12-5-3-4-6-16(12)21-17-11-19-15-8-7-13(20-2)9-14(15)17/h3-9,11,18-19H,10H2,1-2H3. The van der Waals surface area contributed by atoms with E-state index < -0.39 is 0 Å². The molecule has 0 aliphatic rings. The molecule has 0 aliphatic carbocycles. The van der Waals surface area contributed by atoms with Crippen molar-refractivity contribution < 1.29 is 4.74 Å². The van der Waals surface area contributed by atoms with Gasteiger partial charge in [0.25, 0.3) is 0 Å². The molecular formula is C17H18N2OS. The summed E-state index contributed by atoms with van der Waals surface area (Å²) in [5.74, 6) is 0.882. The number of aromatic amines is 1. The summed E-state index contributed by atoms with van der Waals surface area (Å²) in [5.41, 5.74) is 2.44. The van der Waals surface area contributed by atoms with Crippen LogP contribution in [0.5, 0.6) is 5.75 Å². The summed E-state index contributed by atoms with van der Waals surface area (Å²) in [7, 11) is 3.67. The van der Waals surface area contributed by atoms with E-state index in [1.165, 1.54) is 20.7 Å². The maximum atomic E-state index is 5.33. The van der Waals surface area contributed by atoms with Crippen molar-refractivity contribution >= 4 is 22.7 Å². The van der Waals surface area contributed by atoms with Crippen molar-refractivity contribution in [1.82, 2.24) is 10.3 Å². The summed E-state index contributed by atoms with van der Waals surface area (Å²) < 4.78 is 5.33. The van der Waals surface area contributed by atoms with E-state index >= 15 is 0 Å². The molecule has 3 aromatic rings. The Bertz CT molecular complexity index is 751. The van der Waals surface area contributed by atoms with Crippen molar-refractivity contribution in [2.24, 2.45) is 0 Å². The fourth-order valence-electron chi connectivity index (χ4n) is 2.34. The first-order valence-corrected chi connectivity index (χ1v) is 7.69. The van der Waals surface area contributed by atoms with E-state index in [-0.39, 0.29) is 0 Å². The molecule has 2 aromatic carbocycles. The number of methoxy groups -OCH3 is 1. The number of ether oxygens (including phenoxy) is 1. The molecule has 0 fully saturated rings. The van der Waals surface area contributed by atoms with E-state index in [4.69, 9.17) is 4.74 Å². The average molecular weight is 298 g/mol. The quantitative estimate of drug-likeness (QED) is 0.746. The summed E-state index contributed by atoms with van der Waals surface area (Å²) in [6.07, 6.45) is 2.06. The molecule has 0 saturated heterocycles. The number of fused-ring (bicyclic) bond motifs is 1. The van der Waals surface area contributed by atoms with Crippen molar-refractivity contribution in [3.63, 3.8) is 0 Å². The van der Waals surface area contributed by atoms with Gasteiger partial charge in [0.05, 0.1) is 7.11 Å². The van der Waals surface area contributed by atoms with Gasteiger partial charge in [-0.25, -0.2) is 0 Å². The minimum Gasteiger partial charge on any atom is -0.497 e. The van der Waals surface area contributed by atoms with Gasteiger partial charge < -0.3 is 15.0 Å². The Morgan fingerprint density at radius 1 is 1.14 bits per heavy atom. The van der Waals surface area contributed by atoms with E-state index in [0.717, 1.165) is 17.8 Å². The van der Waals surface area contributed by atoms with E-state index in [1.54, 1.807) is 18.9 Å². The van der Waals surface area contributed by atoms with Gasteiger partial charge in [0, 0.05) is 33.4 Å². The molecule has 4 heteroatoms. The smallest absolute Gasteiger partial charge is 0.119 e. The third-order valence-corrected chi connectivity index (χ3v) is 4.59. The molecule has 0 spiro atoms. The fourth-order valence-corrected chi connectivity index (χ4v) is 3.40. The van der Waals surface area contributed by atoms with Crippen molar-refractivity contribution in [2.45, 2.75) is 16.3 Å². The number of hydrogen-bond donors (Lipinski definition) is 2. The zero-order valence-electron chi connectivity index (χ0n) is 12.1. The molecule has 0 saturated carbocycles. The molecule has 108 valence electrons. The van der Waals surface area contributed by atoms with Crippen LogP contribution in [0.1, 0.15) is 5.56 Å². The van der Waals surface area contributed by atoms with Crippen molar-refractivity contribution in [3.8, 4) is 5.75 Å². The predicted molar refractivity (Wildman–Crippen MR) is 88.2 cm³/mol. The summed E-state index contributed by atoms with van der Waals surface area (Å²) in [4.78, 5) is 5.81. The second-order valence-electron chi connectivity index (χ2n) is 4.80. The van der Waals surface area contributed by atoms with Gasteiger partial charge in [-0.1, -0.05) is 30.0 Å². The van der Waals surface area contributed by atoms with Crippen LogP contribution in [0, 0.1) is 0 Å². The maximum absolute atomic E-state index is 5.33. The van der Waals surface area contributed by atoms with Crippen LogP contribution in [0.25, 0.3) is 10.9 Å². The summed E-state index contributed by atoms with van der Waals surface area (Å²) in [6.45, 7) is 0.870. The number of aromatic nitrogens is 1. The lowest BCUT2D eigenvalue weighted by atomic mass is 10.2. The van der Waals surface area contributed by atoms with Crippen LogP contribution in [0.15, 0.2) is 58.5 Å². The van der Waals surface area contributed by atoms with Crippen LogP contribution >= 0.6 is 11.8 Å². The SMILES string of the molecule is CNCc1ccccc1Sc1c[nH]c2ccc(OC)cc12. The molecule has 1 aromatic heterocycles. The van der Waals surface area contributed by atoms with E-state index in [1.807, 2.05) is 13.1 Å². The van der Waals surface area contributed by atoms with Gasteiger partial charge in [-0.15, -0.1) is 0 Å². The number of benzene rings is 2. The third kappa shape index (κ3) is 2.91. The lowest BCUT2D eigenvalue weighted by Crippen LogP contribution is -2.05. The van der Waals surface area contributed by atoms with Crippen molar-refractivity contribution in [3.05, 3.63) is 54.2 Å². The molecule has 0 radical (unpaired) electrons. The summed E-state index contributed by atoms with van der Waals surface area (Å²) in [6, 6.07) is 14.6. The highest BCUT2D eigenvalue weighted by molar-refractivity contribution is 7.99. The first-order chi connectivity index (χ1) is 10.3. The zero-order valence-corrected chi connectivity index (χ0v) is 13.0. The van der Waals surface area contributed by atoms with Crippen LogP contribution in [0.2, 0.25) is 0 Å². The van der Waals surface area contributed by atoms with Gasteiger partial charge in [0.1, 0.15) is 5.75 Å². The molecule has 1 heterocycles. The summed E-state index contributed by atoms with van der Waals surface area (Å²) in [5, 5.41) is 4.41. The molecule has 0 bridgehead atoms. The van der Waals surface area contributed by atoms with Gasteiger partial charge in [-0.2, -0.15) is 0 Å². The molecule has 3 nitrogen and oxygen atoms in total. The Labute approximate surface area is 128 Å². The highest BCUT2D eigenvalue weighted by Crippen LogP contribution is 2.36. The van der Waals surface area contributed by atoms with Crippen molar-refractivity contribution in [2.75, 3.05) is 14.2 Å². The monoisotopic (exact) mass is 298 g/mol. The molecule has 0 aliphatic heterocycles. The summed E-state index contributed by atoms with van der Waals surface area (Å²) >= 11 is 1.78. The van der Waals surface area contributed by atoms with Gasteiger partial charge in [0.15, 0.2) is 0 Å². The van der Waals surface area contributed by atoms with Crippen molar-refractivity contribution in [1.29, 1.82) is 0 Å². The van der Waals surface area contributed by atoms with Crippen LogP contribution < -0.4 is 10.1 Å². The van der Waals surface area contributed by atoms with Gasteiger partial charge in [-0.05, 0) is 36.9 Å². The first-order valence-electron chi connectivity index (χ1n) is 6.87. The normalized spacial score (nSPS) is 11.0. The minimum absolute atomic E-state index is 0.870. The predicted octanol–water partition coefficient (Wildman–Crippen LogP) is 4.05. The van der Waals surface area contributed by atoms with E-state index in [0.29, 0.717) is 0 Å².